The Morgan fingerprint density at radius 1 is 0.722 bits per heavy atom. The second-order valence-electron chi connectivity index (χ2n) is 11.1. The molecule has 2 aliphatic carbocycles. The quantitative estimate of drug-likeness (QED) is 0.275. The minimum atomic E-state index is 0.404. The number of aromatic nitrogens is 2. The molecule has 0 radical (unpaired) electrons. The number of nitrogens with zero attached hydrogens (tertiary/aromatic N) is 2. The Kier molecular flexibility index (Phi) is 11.1. The van der Waals surface area contributed by atoms with Gasteiger partial charge in [0.05, 0.1) is 10.0 Å². The van der Waals surface area contributed by atoms with E-state index >= 15 is 0 Å². The van der Waals surface area contributed by atoms with Gasteiger partial charge in [-0.1, -0.05) is 61.7 Å². The predicted octanol–water partition coefficient (Wildman–Crippen LogP) is 9.72. The van der Waals surface area contributed by atoms with Crippen LogP contribution in [0.5, 0.6) is 0 Å². The molecule has 2 heterocycles. The third-order valence-electron chi connectivity index (χ3n) is 8.79. The highest BCUT2D eigenvalue weighted by atomic mass is 35.5. The zero-order valence-corrected chi connectivity index (χ0v) is 23.2. The maximum atomic E-state index is 12.9. The Bertz CT molecular complexity index is 878. The van der Waals surface area contributed by atoms with Gasteiger partial charge in [0.2, 0.25) is 0 Å². The monoisotopic (exact) mass is 528 g/mol. The van der Waals surface area contributed by atoms with Crippen molar-refractivity contribution in [1.29, 1.82) is 0 Å². The number of carbonyl (C=O) groups is 1. The van der Waals surface area contributed by atoms with Crippen LogP contribution in [-0.2, 0) is 4.79 Å². The third-order valence-corrected chi connectivity index (χ3v) is 9.42. The number of carbonyl (C=O) groups excluding carboxylic acids is 1. The Morgan fingerprint density at radius 3 is 1.53 bits per heavy atom. The molecule has 0 aliphatic heterocycles. The molecule has 5 heteroatoms. The van der Waals surface area contributed by atoms with Crippen molar-refractivity contribution in [2.45, 2.75) is 115 Å². The lowest BCUT2D eigenvalue weighted by molar-refractivity contribution is -0.119. The lowest BCUT2D eigenvalue weighted by atomic mass is 9.74. The van der Waals surface area contributed by atoms with Gasteiger partial charge < -0.3 is 0 Å². The Balaban J connectivity index is 1.29. The van der Waals surface area contributed by atoms with E-state index in [9.17, 15) is 4.79 Å². The van der Waals surface area contributed by atoms with Crippen LogP contribution >= 0.6 is 23.2 Å². The summed E-state index contributed by atoms with van der Waals surface area (Å²) in [6.45, 7) is 0. The average molecular weight is 530 g/mol. The summed E-state index contributed by atoms with van der Waals surface area (Å²) >= 11 is 13.1. The molecule has 2 aromatic rings. The summed E-state index contributed by atoms with van der Waals surface area (Å²) in [5.74, 6) is 2.64. The molecule has 0 bridgehead atoms. The average Bonchev–Trinajstić information content (AvgIpc) is 2.91. The van der Waals surface area contributed by atoms with Crippen LogP contribution in [-0.4, -0.2) is 15.8 Å². The van der Waals surface area contributed by atoms with Gasteiger partial charge in [0.15, 0.2) is 0 Å². The molecule has 2 fully saturated rings. The van der Waals surface area contributed by atoms with E-state index in [0.717, 1.165) is 35.7 Å². The first-order valence-corrected chi connectivity index (χ1v) is 15.1. The molecule has 2 saturated carbocycles. The van der Waals surface area contributed by atoms with E-state index in [-0.39, 0.29) is 0 Å². The smallest absolute Gasteiger partial charge is 0.132 e. The van der Waals surface area contributed by atoms with Crippen molar-refractivity contribution in [3.8, 4) is 0 Å². The van der Waals surface area contributed by atoms with Crippen molar-refractivity contribution in [3.05, 3.63) is 58.1 Å². The number of Topliss-reactive ketones (excluding diaryl/α,β-unsaturated/α-hetero) is 1. The standard InChI is InChI=1S/C31H42Cl2N2O/c32-30-21-34-19-17-28(30)26(23-9-3-1-4-10-23)15-7-13-25(36)14-8-16-27(24-11-5-2-6-12-24)29-18-20-35-22-31(29)33/h17-24,26-27H,1-16H2/t26-,27+. The van der Waals surface area contributed by atoms with E-state index in [0.29, 0.717) is 42.3 Å². The number of rotatable bonds is 12. The van der Waals surface area contributed by atoms with Gasteiger partial charge in [-0.3, -0.25) is 14.8 Å². The Morgan fingerprint density at radius 2 is 1.14 bits per heavy atom. The lowest BCUT2D eigenvalue weighted by Crippen LogP contribution is -2.18. The van der Waals surface area contributed by atoms with Crippen LogP contribution in [0.3, 0.4) is 0 Å². The highest BCUT2D eigenvalue weighted by molar-refractivity contribution is 6.31. The summed E-state index contributed by atoms with van der Waals surface area (Å²) < 4.78 is 0. The van der Waals surface area contributed by atoms with E-state index in [2.05, 4.69) is 22.1 Å². The van der Waals surface area contributed by atoms with Crippen molar-refractivity contribution in [1.82, 2.24) is 9.97 Å². The van der Waals surface area contributed by atoms with Crippen LogP contribution in [0.4, 0.5) is 0 Å². The minimum absolute atomic E-state index is 0.404. The Labute approximate surface area is 227 Å². The molecule has 2 atom stereocenters. The summed E-state index contributed by atoms with van der Waals surface area (Å²) in [4.78, 5) is 21.3. The van der Waals surface area contributed by atoms with Crippen molar-refractivity contribution >= 4 is 29.0 Å². The molecule has 3 nitrogen and oxygen atoms in total. The van der Waals surface area contributed by atoms with Crippen LogP contribution in [0, 0.1) is 11.8 Å². The molecule has 0 N–H and O–H groups in total. The molecule has 0 unspecified atom stereocenters. The molecule has 36 heavy (non-hydrogen) atoms. The molecule has 0 amide bonds. The highest BCUT2D eigenvalue weighted by Gasteiger charge is 2.28. The van der Waals surface area contributed by atoms with Crippen molar-refractivity contribution in [2.24, 2.45) is 11.8 Å². The predicted molar refractivity (Wildman–Crippen MR) is 150 cm³/mol. The summed E-state index contributed by atoms with van der Waals surface area (Å²) in [5.41, 5.74) is 2.46. The topological polar surface area (TPSA) is 42.9 Å². The van der Waals surface area contributed by atoms with Gasteiger partial charge in [-0.15, -0.1) is 0 Å². The van der Waals surface area contributed by atoms with E-state index in [4.69, 9.17) is 23.2 Å². The van der Waals surface area contributed by atoms with Gasteiger partial charge in [-0.2, -0.15) is 0 Å². The van der Waals surface area contributed by atoms with Gasteiger partial charge in [-0.05, 0) is 98.3 Å². The fourth-order valence-electron chi connectivity index (χ4n) is 6.90. The van der Waals surface area contributed by atoms with Gasteiger partial charge >= 0.3 is 0 Å². The van der Waals surface area contributed by atoms with E-state index < -0.39 is 0 Å². The van der Waals surface area contributed by atoms with Crippen LogP contribution in [0.2, 0.25) is 10.0 Å². The van der Waals surface area contributed by atoms with E-state index in [1.807, 2.05) is 12.4 Å². The molecule has 196 valence electrons. The van der Waals surface area contributed by atoms with Crippen molar-refractivity contribution in [2.75, 3.05) is 0 Å². The number of hydrogen-bond acceptors (Lipinski definition) is 3. The van der Waals surface area contributed by atoms with Gasteiger partial charge in [0.25, 0.3) is 0 Å². The number of ketones is 1. The number of hydrogen-bond donors (Lipinski definition) is 0. The van der Waals surface area contributed by atoms with Crippen LogP contribution < -0.4 is 0 Å². The fourth-order valence-corrected chi connectivity index (χ4v) is 7.42. The van der Waals surface area contributed by atoms with Crippen LogP contribution in [0.15, 0.2) is 36.9 Å². The summed E-state index contributed by atoms with van der Waals surface area (Å²) in [5, 5.41) is 1.56. The summed E-state index contributed by atoms with van der Waals surface area (Å²) in [6, 6.07) is 4.19. The summed E-state index contributed by atoms with van der Waals surface area (Å²) in [7, 11) is 0. The molecule has 0 saturated heterocycles. The zero-order chi connectivity index (χ0) is 25.2. The van der Waals surface area contributed by atoms with E-state index in [1.165, 1.54) is 75.3 Å². The highest BCUT2D eigenvalue weighted by Crippen LogP contribution is 2.42. The maximum Gasteiger partial charge on any atom is 0.132 e. The minimum Gasteiger partial charge on any atom is -0.300 e. The molecule has 2 aromatic heterocycles. The molecule has 4 rings (SSSR count). The first kappa shape index (κ1) is 27.6. The number of halogens is 2. The van der Waals surface area contributed by atoms with Crippen molar-refractivity contribution in [3.63, 3.8) is 0 Å². The molecular weight excluding hydrogens is 487 g/mol. The normalized spacial score (nSPS) is 19.2. The first-order chi connectivity index (χ1) is 17.6. The maximum absolute atomic E-state index is 12.9. The molecule has 0 spiro atoms. The molecular formula is C31H42Cl2N2O. The fraction of sp³-hybridized carbons (Fsp3) is 0.645. The van der Waals surface area contributed by atoms with Gasteiger partial charge in [-0.25, -0.2) is 0 Å². The summed E-state index contributed by atoms with van der Waals surface area (Å²) in [6.07, 6.45) is 25.6. The molecule has 2 aliphatic rings. The number of pyridine rings is 2. The Hall–Kier alpha value is -1.45. The van der Waals surface area contributed by atoms with Crippen molar-refractivity contribution < 1.29 is 4.79 Å². The van der Waals surface area contributed by atoms with Gasteiger partial charge in [0.1, 0.15) is 5.78 Å². The lowest BCUT2D eigenvalue weighted by Gasteiger charge is -2.31. The van der Waals surface area contributed by atoms with Crippen LogP contribution in [0.25, 0.3) is 0 Å². The SMILES string of the molecule is O=C(CCC[C@H](c1ccncc1Cl)C1CCCCC1)CCC[C@@H](c1ccncc1Cl)C1CCCCC1. The zero-order valence-electron chi connectivity index (χ0n) is 21.6. The second kappa shape index (κ2) is 14.5. The van der Waals surface area contributed by atoms with E-state index in [1.54, 1.807) is 12.4 Å². The largest absolute Gasteiger partial charge is 0.300 e. The van der Waals surface area contributed by atoms with Gasteiger partial charge in [0, 0.05) is 37.6 Å². The third kappa shape index (κ3) is 7.78. The molecule has 0 aromatic carbocycles. The first-order valence-electron chi connectivity index (χ1n) is 14.3. The van der Waals surface area contributed by atoms with Crippen LogP contribution in [0.1, 0.15) is 126 Å². The second-order valence-corrected chi connectivity index (χ2v) is 11.9.